The van der Waals surface area contributed by atoms with Crippen molar-refractivity contribution in [1.29, 1.82) is 0 Å². The predicted octanol–water partition coefficient (Wildman–Crippen LogP) is 2.33. The summed E-state index contributed by atoms with van der Waals surface area (Å²) < 4.78 is 0. The van der Waals surface area contributed by atoms with Crippen LogP contribution >= 0.6 is 24.8 Å². The van der Waals surface area contributed by atoms with Gasteiger partial charge in [-0.1, -0.05) is 13.8 Å². The van der Waals surface area contributed by atoms with Crippen LogP contribution in [0.4, 0.5) is 0 Å². The van der Waals surface area contributed by atoms with Gasteiger partial charge in [0.2, 0.25) is 0 Å². The smallest absolute Gasteiger partial charge is 0.00646 e. The van der Waals surface area contributed by atoms with Gasteiger partial charge in [-0.2, -0.15) is 0 Å². The Morgan fingerprint density at radius 2 is 0.929 bits per heavy atom. The quantitative estimate of drug-likeness (QED) is 0.686. The van der Waals surface area contributed by atoms with Gasteiger partial charge in [0.05, 0.1) is 0 Å². The molecule has 2 nitrogen and oxygen atoms in total. The zero-order valence-electron chi connectivity index (χ0n) is 9.11. The van der Waals surface area contributed by atoms with Gasteiger partial charge >= 0.3 is 0 Å². The van der Waals surface area contributed by atoms with Crippen LogP contribution in [0.2, 0.25) is 0 Å². The van der Waals surface area contributed by atoms with Crippen LogP contribution in [0.5, 0.6) is 0 Å². The van der Waals surface area contributed by atoms with Crippen LogP contribution in [0.15, 0.2) is 0 Å². The third-order valence-electron chi connectivity index (χ3n) is 3.37. The summed E-state index contributed by atoms with van der Waals surface area (Å²) in [4.78, 5) is 0. The molecule has 4 atom stereocenters. The molecule has 0 unspecified atom stereocenters. The summed E-state index contributed by atoms with van der Waals surface area (Å²) in [7, 11) is 0. The molecule has 0 aliphatic heterocycles. The average molecular weight is 243 g/mol. The number of hydrogen-bond acceptors (Lipinski definition) is 2. The predicted molar refractivity (Wildman–Crippen MR) is 67.2 cm³/mol. The van der Waals surface area contributed by atoms with Crippen molar-refractivity contribution >= 4 is 24.8 Å². The van der Waals surface area contributed by atoms with E-state index in [2.05, 4.69) is 13.8 Å². The topological polar surface area (TPSA) is 52.0 Å². The number of halogens is 2. The van der Waals surface area contributed by atoms with Crippen molar-refractivity contribution in [3.63, 3.8) is 0 Å². The van der Waals surface area contributed by atoms with Crippen LogP contribution in [0.1, 0.15) is 39.5 Å². The molecule has 4 N–H and O–H groups in total. The molecule has 2 saturated carbocycles. The number of nitrogens with two attached hydrogens (primary N) is 2. The van der Waals surface area contributed by atoms with E-state index in [1.54, 1.807) is 0 Å². The van der Waals surface area contributed by atoms with Gasteiger partial charge in [0, 0.05) is 12.1 Å². The van der Waals surface area contributed by atoms with Gasteiger partial charge in [0.1, 0.15) is 0 Å². The third kappa shape index (κ3) is 4.83. The Morgan fingerprint density at radius 1 is 0.714 bits per heavy atom. The van der Waals surface area contributed by atoms with Gasteiger partial charge < -0.3 is 11.5 Å². The molecule has 0 amide bonds. The van der Waals surface area contributed by atoms with Gasteiger partial charge in [0.15, 0.2) is 0 Å². The molecule has 2 aliphatic carbocycles. The lowest BCUT2D eigenvalue weighted by molar-refractivity contribution is 0.282. The molecule has 2 rings (SSSR count). The second-order valence-electron chi connectivity index (χ2n) is 4.44. The van der Waals surface area contributed by atoms with Crippen molar-refractivity contribution in [2.45, 2.75) is 51.6 Å². The van der Waals surface area contributed by atoms with Crippen molar-refractivity contribution < 1.29 is 0 Å². The highest BCUT2D eigenvalue weighted by Crippen LogP contribution is 2.24. The summed E-state index contributed by atoms with van der Waals surface area (Å²) in [6.45, 7) is 4.41. The molecular weight excluding hydrogens is 219 g/mol. The summed E-state index contributed by atoms with van der Waals surface area (Å²) in [6, 6.07) is 1.06. The van der Waals surface area contributed by atoms with E-state index < -0.39 is 0 Å². The van der Waals surface area contributed by atoms with Gasteiger partial charge in [-0.25, -0.2) is 0 Å². The van der Waals surface area contributed by atoms with E-state index >= 15 is 0 Å². The molecule has 0 saturated heterocycles. The maximum Gasteiger partial charge on any atom is 0.00646 e. The molecule has 2 fully saturated rings. The Hall–Kier alpha value is 0.500. The van der Waals surface area contributed by atoms with Crippen molar-refractivity contribution in [3.8, 4) is 0 Å². The molecule has 2 aliphatic rings. The molecule has 14 heavy (non-hydrogen) atoms. The minimum absolute atomic E-state index is 0. The van der Waals surface area contributed by atoms with Gasteiger partial charge in [-0.3, -0.25) is 0 Å². The Labute approximate surface area is 100 Å². The SMILES string of the molecule is C[C@@H]1CC[C@@H]1N.C[C@H]1CC[C@H]1N.Cl.Cl. The monoisotopic (exact) mass is 242 g/mol. The lowest BCUT2D eigenvalue weighted by Gasteiger charge is -2.29. The molecule has 0 aromatic carbocycles. The molecule has 0 spiro atoms. The third-order valence-corrected chi connectivity index (χ3v) is 3.37. The Morgan fingerprint density at radius 3 is 0.929 bits per heavy atom. The fourth-order valence-electron chi connectivity index (χ4n) is 1.38. The highest BCUT2D eigenvalue weighted by atomic mass is 35.5. The standard InChI is InChI=1S/2C5H11N.2ClH/c2*1-4-2-3-5(4)6;;/h2*4-5H,2-3,6H2,1H3;2*1H/t2*4-,5+;;/m10../s1. The molecule has 0 aromatic heterocycles. The van der Waals surface area contributed by atoms with E-state index in [-0.39, 0.29) is 24.8 Å². The molecule has 0 heterocycles. The molecule has 0 bridgehead atoms. The molecule has 88 valence electrons. The fourth-order valence-corrected chi connectivity index (χ4v) is 1.38. The lowest BCUT2D eigenvalue weighted by Crippen LogP contribution is -2.37. The summed E-state index contributed by atoms with van der Waals surface area (Å²) in [5.41, 5.74) is 11.0. The molecule has 0 radical (unpaired) electrons. The van der Waals surface area contributed by atoms with E-state index in [9.17, 15) is 0 Å². The minimum Gasteiger partial charge on any atom is -0.327 e. The summed E-state index contributed by atoms with van der Waals surface area (Å²) in [5.74, 6) is 1.62. The van der Waals surface area contributed by atoms with Gasteiger partial charge in [-0.15, -0.1) is 24.8 Å². The fraction of sp³-hybridized carbons (Fsp3) is 1.00. The molecular formula is C10H24Cl2N2. The summed E-state index contributed by atoms with van der Waals surface area (Å²) in [5, 5.41) is 0. The molecule has 0 aromatic rings. The van der Waals surface area contributed by atoms with Crippen molar-refractivity contribution in [2.75, 3.05) is 0 Å². The maximum absolute atomic E-state index is 5.52. The van der Waals surface area contributed by atoms with E-state index in [0.29, 0.717) is 12.1 Å². The number of rotatable bonds is 0. The minimum atomic E-state index is 0. The first kappa shape index (κ1) is 16.9. The molecule has 4 heteroatoms. The second-order valence-corrected chi connectivity index (χ2v) is 4.44. The number of hydrogen-bond donors (Lipinski definition) is 2. The Bertz CT molecular complexity index is 112. The maximum atomic E-state index is 5.52. The average Bonchev–Trinajstić information content (AvgIpc) is 2.12. The lowest BCUT2D eigenvalue weighted by atomic mass is 9.82. The first-order valence-corrected chi connectivity index (χ1v) is 5.12. The second kappa shape index (κ2) is 7.75. The highest BCUT2D eigenvalue weighted by Gasteiger charge is 2.21. The van der Waals surface area contributed by atoms with Crippen LogP contribution in [0, 0.1) is 11.8 Å². The van der Waals surface area contributed by atoms with Crippen molar-refractivity contribution in [1.82, 2.24) is 0 Å². The van der Waals surface area contributed by atoms with Crippen molar-refractivity contribution in [3.05, 3.63) is 0 Å². The Kier molecular flexibility index (Phi) is 9.36. The van der Waals surface area contributed by atoms with E-state index in [1.807, 2.05) is 0 Å². The largest absolute Gasteiger partial charge is 0.327 e. The first-order valence-electron chi connectivity index (χ1n) is 5.12. The van der Waals surface area contributed by atoms with Gasteiger partial charge in [-0.05, 0) is 37.5 Å². The van der Waals surface area contributed by atoms with Crippen molar-refractivity contribution in [2.24, 2.45) is 23.3 Å². The van der Waals surface area contributed by atoms with Crippen LogP contribution in [0.25, 0.3) is 0 Å². The summed E-state index contributed by atoms with van der Waals surface area (Å²) >= 11 is 0. The van der Waals surface area contributed by atoms with Crippen LogP contribution in [0.3, 0.4) is 0 Å². The summed E-state index contributed by atoms with van der Waals surface area (Å²) in [6.07, 6.45) is 5.20. The normalized spacial score (nSPS) is 38.6. The van der Waals surface area contributed by atoms with Gasteiger partial charge in [0.25, 0.3) is 0 Å². The first-order chi connectivity index (χ1) is 5.61. The zero-order chi connectivity index (χ0) is 9.14. The van der Waals surface area contributed by atoms with Crippen LogP contribution < -0.4 is 11.5 Å². The Balaban J connectivity index is 0. The van der Waals surface area contributed by atoms with Crippen LogP contribution in [-0.4, -0.2) is 12.1 Å². The highest BCUT2D eigenvalue weighted by molar-refractivity contribution is 5.85. The van der Waals surface area contributed by atoms with E-state index in [0.717, 1.165) is 11.8 Å². The zero-order valence-corrected chi connectivity index (χ0v) is 10.7. The van der Waals surface area contributed by atoms with E-state index in [4.69, 9.17) is 11.5 Å². The van der Waals surface area contributed by atoms with E-state index in [1.165, 1.54) is 25.7 Å². The van der Waals surface area contributed by atoms with Crippen LogP contribution in [-0.2, 0) is 0 Å².